The lowest BCUT2D eigenvalue weighted by Crippen LogP contribution is -2.21. The topological polar surface area (TPSA) is 71.8 Å². The molecule has 1 amide bonds. The Labute approximate surface area is 186 Å². The van der Waals surface area contributed by atoms with E-state index in [4.69, 9.17) is 9.15 Å². The summed E-state index contributed by atoms with van der Waals surface area (Å²) in [6.45, 7) is 6.09. The molecule has 0 aliphatic carbocycles. The van der Waals surface area contributed by atoms with Crippen molar-refractivity contribution in [2.75, 3.05) is 30.4 Å². The summed E-state index contributed by atoms with van der Waals surface area (Å²) >= 11 is 1.43. The van der Waals surface area contributed by atoms with Gasteiger partial charge in [-0.15, -0.1) is 11.8 Å². The van der Waals surface area contributed by atoms with E-state index in [0.29, 0.717) is 22.6 Å². The minimum absolute atomic E-state index is 0.189. The number of nitrogens with zero attached hydrogens (tertiary/aromatic N) is 1. The van der Waals surface area contributed by atoms with E-state index in [1.807, 2.05) is 42.5 Å². The highest BCUT2D eigenvalue weighted by Crippen LogP contribution is 2.29. The Balaban J connectivity index is 1.70. The summed E-state index contributed by atoms with van der Waals surface area (Å²) in [5.74, 6) is 0.286. The van der Waals surface area contributed by atoms with Crippen LogP contribution in [0.4, 0.5) is 11.4 Å². The molecule has 3 rings (SSSR count). The maximum atomic E-state index is 12.9. The van der Waals surface area contributed by atoms with Crippen molar-refractivity contribution in [3.05, 3.63) is 77.7 Å². The Morgan fingerprint density at radius 2 is 1.71 bits per heavy atom. The molecule has 0 saturated heterocycles. The summed E-state index contributed by atoms with van der Waals surface area (Å²) in [5.41, 5.74) is 2.82. The highest BCUT2D eigenvalue weighted by Gasteiger charge is 2.17. The average molecular weight is 439 g/mol. The first-order valence-electron chi connectivity index (χ1n) is 10.1. The van der Waals surface area contributed by atoms with Gasteiger partial charge in [0.2, 0.25) is 0 Å². The van der Waals surface area contributed by atoms with Gasteiger partial charge in [0, 0.05) is 29.4 Å². The molecule has 2 aromatic carbocycles. The van der Waals surface area contributed by atoms with Gasteiger partial charge in [-0.1, -0.05) is 12.1 Å². The number of amides is 1. The van der Waals surface area contributed by atoms with E-state index in [-0.39, 0.29) is 5.91 Å². The summed E-state index contributed by atoms with van der Waals surface area (Å²) in [6.07, 6.45) is 1.46. The standard InChI is InChI=1S/C24H26N2O4S/c1-4-26(5-2)18-12-10-17(11-13-18)25-23(27)20-8-6-7-9-22(20)31-16-21-19(14-15-30-21)24(28)29-3/h6-15H,4-5,16H2,1-3H3,(H,25,27). The number of anilines is 2. The number of esters is 1. The highest BCUT2D eigenvalue weighted by molar-refractivity contribution is 7.98. The third-order valence-corrected chi connectivity index (χ3v) is 5.97. The van der Waals surface area contributed by atoms with Crippen LogP contribution in [-0.2, 0) is 10.5 Å². The molecule has 0 atom stereocenters. The van der Waals surface area contributed by atoms with Gasteiger partial charge in [-0.05, 0) is 56.3 Å². The fourth-order valence-electron chi connectivity index (χ4n) is 3.21. The van der Waals surface area contributed by atoms with Crippen LogP contribution in [0.15, 0.2) is 70.2 Å². The Bertz CT molecular complexity index is 1030. The van der Waals surface area contributed by atoms with Crippen LogP contribution in [0.1, 0.15) is 40.3 Å². The molecule has 0 aliphatic heterocycles. The fourth-order valence-corrected chi connectivity index (χ4v) is 4.21. The van der Waals surface area contributed by atoms with Crippen molar-refractivity contribution in [2.24, 2.45) is 0 Å². The van der Waals surface area contributed by atoms with Crippen molar-refractivity contribution >= 4 is 35.0 Å². The third kappa shape index (κ3) is 5.49. The maximum absolute atomic E-state index is 12.9. The van der Waals surface area contributed by atoms with Gasteiger partial charge >= 0.3 is 5.97 Å². The predicted octanol–water partition coefficient (Wildman–Crippen LogP) is 5.46. The number of rotatable bonds is 9. The Morgan fingerprint density at radius 1 is 1.00 bits per heavy atom. The molecule has 0 radical (unpaired) electrons. The molecule has 31 heavy (non-hydrogen) atoms. The van der Waals surface area contributed by atoms with Crippen molar-refractivity contribution in [2.45, 2.75) is 24.5 Å². The highest BCUT2D eigenvalue weighted by atomic mass is 32.2. The Kier molecular flexibility index (Phi) is 7.78. The van der Waals surface area contributed by atoms with Crippen LogP contribution in [0.5, 0.6) is 0 Å². The van der Waals surface area contributed by atoms with Crippen LogP contribution in [-0.4, -0.2) is 32.1 Å². The molecule has 1 N–H and O–H groups in total. The van der Waals surface area contributed by atoms with Gasteiger partial charge in [0.1, 0.15) is 11.3 Å². The van der Waals surface area contributed by atoms with Gasteiger partial charge in [0.05, 0.1) is 24.7 Å². The van der Waals surface area contributed by atoms with E-state index in [0.717, 1.165) is 29.4 Å². The second-order valence-electron chi connectivity index (χ2n) is 6.71. The quantitative estimate of drug-likeness (QED) is 0.353. The molecule has 1 heterocycles. The number of hydrogen-bond donors (Lipinski definition) is 1. The normalized spacial score (nSPS) is 10.5. The minimum atomic E-state index is -0.441. The molecule has 3 aromatic rings. The molecule has 0 bridgehead atoms. The molecule has 6 nitrogen and oxygen atoms in total. The predicted molar refractivity (Wildman–Crippen MR) is 124 cm³/mol. The number of ether oxygens (including phenoxy) is 1. The first-order chi connectivity index (χ1) is 15.1. The maximum Gasteiger partial charge on any atom is 0.341 e. The number of nitrogens with one attached hydrogen (secondary N) is 1. The monoisotopic (exact) mass is 438 g/mol. The molecule has 0 saturated carbocycles. The van der Waals surface area contributed by atoms with Crippen molar-refractivity contribution < 1.29 is 18.7 Å². The molecular formula is C24H26N2O4S. The molecule has 0 fully saturated rings. The van der Waals surface area contributed by atoms with Crippen molar-refractivity contribution in [1.29, 1.82) is 0 Å². The van der Waals surface area contributed by atoms with E-state index in [1.165, 1.54) is 25.1 Å². The lowest BCUT2D eigenvalue weighted by atomic mass is 10.2. The number of furan rings is 1. The fraction of sp³-hybridized carbons (Fsp3) is 0.250. The van der Waals surface area contributed by atoms with Gasteiger partial charge < -0.3 is 19.4 Å². The van der Waals surface area contributed by atoms with E-state index in [1.54, 1.807) is 12.1 Å². The van der Waals surface area contributed by atoms with E-state index in [2.05, 4.69) is 24.1 Å². The van der Waals surface area contributed by atoms with Crippen molar-refractivity contribution in [3.8, 4) is 0 Å². The minimum Gasteiger partial charge on any atom is -0.468 e. The largest absolute Gasteiger partial charge is 0.468 e. The summed E-state index contributed by atoms with van der Waals surface area (Å²) < 4.78 is 10.2. The zero-order valence-corrected chi connectivity index (χ0v) is 18.7. The van der Waals surface area contributed by atoms with E-state index >= 15 is 0 Å². The Hall–Kier alpha value is -3.19. The summed E-state index contributed by atoms with van der Waals surface area (Å²) in [7, 11) is 1.33. The molecule has 162 valence electrons. The van der Waals surface area contributed by atoms with Crippen LogP contribution in [0.2, 0.25) is 0 Å². The SMILES string of the molecule is CCN(CC)c1ccc(NC(=O)c2ccccc2SCc2occc2C(=O)OC)cc1. The van der Waals surface area contributed by atoms with Gasteiger partial charge in [0.15, 0.2) is 0 Å². The number of carbonyl (C=O) groups excluding carboxylic acids is 2. The number of benzene rings is 2. The van der Waals surface area contributed by atoms with Crippen LogP contribution in [0.3, 0.4) is 0 Å². The second-order valence-corrected chi connectivity index (χ2v) is 7.72. The average Bonchev–Trinajstić information content (AvgIpc) is 3.28. The molecule has 0 spiro atoms. The lowest BCUT2D eigenvalue weighted by molar-refractivity contribution is 0.0598. The molecule has 0 unspecified atom stereocenters. The number of thioether (sulfide) groups is 1. The van der Waals surface area contributed by atoms with Gasteiger partial charge in [-0.2, -0.15) is 0 Å². The molecular weight excluding hydrogens is 412 g/mol. The molecule has 7 heteroatoms. The van der Waals surface area contributed by atoms with Gasteiger partial charge in [-0.3, -0.25) is 4.79 Å². The second kappa shape index (κ2) is 10.7. The Morgan fingerprint density at radius 3 is 2.39 bits per heavy atom. The number of carbonyl (C=O) groups is 2. The van der Waals surface area contributed by atoms with Crippen LogP contribution in [0.25, 0.3) is 0 Å². The smallest absolute Gasteiger partial charge is 0.341 e. The summed E-state index contributed by atoms with van der Waals surface area (Å²) in [5, 5.41) is 2.96. The summed E-state index contributed by atoms with van der Waals surface area (Å²) in [6, 6.07) is 16.8. The third-order valence-electron chi connectivity index (χ3n) is 4.89. The van der Waals surface area contributed by atoms with Gasteiger partial charge in [-0.25, -0.2) is 4.79 Å². The van der Waals surface area contributed by atoms with Crippen molar-refractivity contribution in [1.82, 2.24) is 0 Å². The van der Waals surface area contributed by atoms with E-state index in [9.17, 15) is 9.59 Å². The van der Waals surface area contributed by atoms with Crippen LogP contribution >= 0.6 is 11.8 Å². The zero-order valence-electron chi connectivity index (χ0n) is 17.9. The molecule has 0 aliphatic rings. The number of hydrogen-bond acceptors (Lipinski definition) is 6. The van der Waals surface area contributed by atoms with Crippen LogP contribution in [0, 0.1) is 0 Å². The number of methoxy groups -OCH3 is 1. The van der Waals surface area contributed by atoms with Crippen molar-refractivity contribution in [3.63, 3.8) is 0 Å². The molecule has 1 aromatic heterocycles. The van der Waals surface area contributed by atoms with E-state index < -0.39 is 5.97 Å². The van der Waals surface area contributed by atoms with Crippen LogP contribution < -0.4 is 10.2 Å². The zero-order chi connectivity index (χ0) is 22.2. The lowest BCUT2D eigenvalue weighted by Gasteiger charge is -2.21. The first-order valence-corrected chi connectivity index (χ1v) is 11.1. The van der Waals surface area contributed by atoms with Gasteiger partial charge in [0.25, 0.3) is 5.91 Å². The summed E-state index contributed by atoms with van der Waals surface area (Å²) in [4.78, 5) is 27.8. The first kappa shape index (κ1) is 22.5.